The summed E-state index contributed by atoms with van der Waals surface area (Å²) in [6.07, 6.45) is 4.52. The Morgan fingerprint density at radius 3 is 2.81 bits per heavy atom. The normalized spacial score (nSPS) is 10.5. The van der Waals surface area contributed by atoms with Crippen molar-refractivity contribution in [3.8, 4) is 5.75 Å². The number of hydrogen-bond acceptors (Lipinski definition) is 4. The van der Waals surface area contributed by atoms with E-state index in [9.17, 15) is 0 Å². The van der Waals surface area contributed by atoms with E-state index in [1.165, 1.54) is 11.1 Å². The van der Waals surface area contributed by atoms with Crippen LogP contribution in [-0.2, 0) is 17.7 Å². The quantitative estimate of drug-likeness (QED) is 0.719. The largest absolute Gasteiger partial charge is 0.493 e. The molecule has 112 valence electrons. The van der Waals surface area contributed by atoms with E-state index in [-0.39, 0.29) is 0 Å². The zero-order chi connectivity index (χ0) is 14.8. The van der Waals surface area contributed by atoms with Crippen LogP contribution in [0, 0.1) is 0 Å². The average Bonchev–Trinajstić information content (AvgIpc) is 2.54. The van der Waals surface area contributed by atoms with E-state index in [4.69, 9.17) is 9.47 Å². The summed E-state index contributed by atoms with van der Waals surface area (Å²) in [5, 5.41) is 3.34. The van der Waals surface area contributed by atoms with E-state index in [0.717, 1.165) is 25.3 Å². The molecule has 4 nitrogen and oxygen atoms in total. The molecular formula is C17H22N2O2. The molecule has 0 bridgehead atoms. The van der Waals surface area contributed by atoms with Crippen LogP contribution in [0.5, 0.6) is 5.75 Å². The molecule has 21 heavy (non-hydrogen) atoms. The van der Waals surface area contributed by atoms with Gasteiger partial charge in [0.05, 0.1) is 13.2 Å². The number of pyridine rings is 1. The van der Waals surface area contributed by atoms with E-state index >= 15 is 0 Å². The minimum atomic E-state index is 0.654. The Labute approximate surface area is 126 Å². The molecule has 0 aliphatic carbocycles. The van der Waals surface area contributed by atoms with Gasteiger partial charge >= 0.3 is 0 Å². The van der Waals surface area contributed by atoms with Crippen molar-refractivity contribution in [1.29, 1.82) is 0 Å². The van der Waals surface area contributed by atoms with Gasteiger partial charge in [-0.3, -0.25) is 4.98 Å². The molecule has 0 atom stereocenters. The number of ether oxygens (including phenoxy) is 2. The van der Waals surface area contributed by atoms with Crippen LogP contribution >= 0.6 is 0 Å². The molecule has 1 aromatic heterocycles. The summed E-state index contributed by atoms with van der Waals surface area (Å²) >= 11 is 0. The SMILES string of the molecule is COCCNCc1ccccc1OCCc1cccnc1. The molecule has 0 saturated heterocycles. The maximum atomic E-state index is 5.90. The molecular weight excluding hydrogens is 264 g/mol. The van der Waals surface area contributed by atoms with Crippen molar-refractivity contribution >= 4 is 0 Å². The van der Waals surface area contributed by atoms with E-state index in [2.05, 4.69) is 22.4 Å². The van der Waals surface area contributed by atoms with Crippen LogP contribution in [0.15, 0.2) is 48.8 Å². The van der Waals surface area contributed by atoms with E-state index in [0.29, 0.717) is 13.2 Å². The summed E-state index contributed by atoms with van der Waals surface area (Å²) in [6, 6.07) is 12.1. The van der Waals surface area contributed by atoms with Crippen LogP contribution in [0.25, 0.3) is 0 Å². The second-order valence-electron chi connectivity index (χ2n) is 4.74. The molecule has 4 heteroatoms. The molecule has 0 saturated carbocycles. The fourth-order valence-corrected chi connectivity index (χ4v) is 2.01. The van der Waals surface area contributed by atoms with Crippen LogP contribution in [0.3, 0.4) is 0 Å². The molecule has 0 amide bonds. The van der Waals surface area contributed by atoms with Crippen LogP contribution in [0.1, 0.15) is 11.1 Å². The third kappa shape index (κ3) is 5.53. The molecule has 0 fully saturated rings. The van der Waals surface area contributed by atoms with Gasteiger partial charge in [-0.1, -0.05) is 24.3 Å². The third-order valence-corrected chi connectivity index (χ3v) is 3.14. The van der Waals surface area contributed by atoms with Crippen molar-refractivity contribution in [1.82, 2.24) is 10.3 Å². The minimum absolute atomic E-state index is 0.654. The summed E-state index contributed by atoms with van der Waals surface area (Å²) in [5.74, 6) is 0.936. The Morgan fingerprint density at radius 1 is 1.10 bits per heavy atom. The second kappa shape index (κ2) is 9.10. The molecule has 1 aromatic carbocycles. The Balaban J connectivity index is 1.82. The lowest BCUT2D eigenvalue weighted by Gasteiger charge is -2.12. The van der Waals surface area contributed by atoms with Gasteiger partial charge < -0.3 is 14.8 Å². The molecule has 0 unspecified atom stereocenters. The lowest BCUT2D eigenvalue weighted by Crippen LogP contribution is -2.19. The standard InChI is InChI=1S/C17H22N2O2/c1-20-12-10-19-14-16-6-2-3-7-17(16)21-11-8-15-5-4-9-18-13-15/h2-7,9,13,19H,8,10-12,14H2,1H3. The summed E-state index contributed by atoms with van der Waals surface area (Å²) in [5.41, 5.74) is 2.35. The smallest absolute Gasteiger partial charge is 0.123 e. The first-order chi connectivity index (χ1) is 10.4. The van der Waals surface area contributed by atoms with Gasteiger partial charge in [0, 0.05) is 44.6 Å². The van der Waals surface area contributed by atoms with Crippen LogP contribution < -0.4 is 10.1 Å². The highest BCUT2D eigenvalue weighted by atomic mass is 16.5. The Kier molecular flexibility index (Phi) is 6.71. The van der Waals surface area contributed by atoms with Gasteiger partial charge in [-0.2, -0.15) is 0 Å². The van der Waals surface area contributed by atoms with Crippen molar-refractivity contribution in [2.45, 2.75) is 13.0 Å². The van der Waals surface area contributed by atoms with Crippen molar-refractivity contribution in [2.75, 3.05) is 26.9 Å². The number of nitrogens with zero attached hydrogens (tertiary/aromatic N) is 1. The highest BCUT2D eigenvalue weighted by Gasteiger charge is 2.02. The number of methoxy groups -OCH3 is 1. The van der Waals surface area contributed by atoms with Gasteiger partial charge in [-0.15, -0.1) is 0 Å². The van der Waals surface area contributed by atoms with Crippen molar-refractivity contribution in [3.63, 3.8) is 0 Å². The molecule has 0 spiro atoms. The highest BCUT2D eigenvalue weighted by molar-refractivity contribution is 5.33. The van der Waals surface area contributed by atoms with Crippen LogP contribution in [0.4, 0.5) is 0 Å². The summed E-state index contributed by atoms with van der Waals surface area (Å²) < 4.78 is 10.9. The number of nitrogens with one attached hydrogen (secondary N) is 1. The number of para-hydroxylation sites is 1. The fraction of sp³-hybridized carbons (Fsp3) is 0.353. The van der Waals surface area contributed by atoms with Gasteiger partial charge in [0.1, 0.15) is 5.75 Å². The predicted octanol–water partition coefficient (Wildman–Crippen LogP) is 2.44. The number of benzene rings is 1. The van der Waals surface area contributed by atoms with E-state index in [1.807, 2.05) is 30.5 Å². The number of aromatic nitrogens is 1. The summed E-state index contributed by atoms with van der Waals surface area (Å²) in [6.45, 7) is 2.98. The minimum Gasteiger partial charge on any atom is -0.493 e. The highest BCUT2D eigenvalue weighted by Crippen LogP contribution is 2.18. The second-order valence-corrected chi connectivity index (χ2v) is 4.74. The Bertz CT molecular complexity index is 517. The first-order valence-corrected chi connectivity index (χ1v) is 7.19. The van der Waals surface area contributed by atoms with Crippen LogP contribution in [-0.4, -0.2) is 31.9 Å². The first-order valence-electron chi connectivity index (χ1n) is 7.19. The molecule has 1 heterocycles. The van der Waals surface area contributed by atoms with Crippen molar-refractivity contribution in [3.05, 3.63) is 59.9 Å². The molecule has 2 rings (SSSR count). The van der Waals surface area contributed by atoms with E-state index in [1.54, 1.807) is 13.3 Å². The number of rotatable bonds is 9. The monoisotopic (exact) mass is 286 g/mol. The maximum Gasteiger partial charge on any atom is 0.123 e. The molecule has 0 radical (unpaired) electrons. The lowest BCUT2D eigenvalue weighted by atomic mass is 10.2. The predicted molar refractivity (Wildman–Crippen MR) is 83.5 cm³/mol. The Morgan fingerprint density at radius 2 is 2.00 bits per heavy atom. The average molecular weight is 286 g/mol. The first kappa shape index (κ1) is 15.5. The van der Waals surface area contributed by atoms with Gasteiger partial charge in [-0.05, 0) is 17.7 Å². The van der Waals surface area contributed by atoms with Gasteiger partial charge in [0.15, 0.2) is 0 Å². The summed E-state index contributed by atoms with van der Waals surface area (Å²) in [7, 11) is 1.71. The molecule has 0 aliphatic heterocycles. The Hall–Kier alpha value is -1.91. The van der Waals surface area contributed by atoms with E-state index < -0.39 is 0 Å². The fourth-order valence-electron chi connectivity index (χ4n) is 2.01. The van der Waals surface area contributed by atoms with Crippen molar-refractivity contribution < 1.29 is 9.47 Å². The third-order valence-electron chi connectivity index (χ3n) is 3.14. The van der Waals surface area contributed by atoms with Gasteiger partial charge in [0.25, 0.3) is 0 Å². The van der Waals surface area contributed by atoms with Crippen molar-refractivity contribution in [2.24, 2.45) is 0 Å². The number of hydrogen-bond donors (Lipinski definition) is 1. The topological polar surface area (TPSA) is 43.4 Å². The lowest BCUT2D eigenvalue weighted by molar-refractivity contribution is 0.199. The van der Waals surface area contributed by atoms with Gasteiger partial charge in [-0.25, -0.2) is 0 Å². The maximum absolute atomic E-state index is 5.90. The molecule has 0 aliphatic rings. The molecule has 2 aromatic rings. The van der Waals surface area contributed by atoms with Crippen LogP contribution in [0.2, 0.25) is 0 Å². The van der Waals surface area contributed by atoms with Gasteiger partial charge in [0.2, 0.25) is 0 Å². The zero-order valence-electron chi connectivity index (χ0n) is 12.4. The zero-order valence-corrected chi connectivity index (χ0v) is 12.4. The summed E-state index contributed by atoms with van der Waals surface area (Å²) in [4.78, 5) is 4.11. The molecule has 1 N–H and O–H groups in total.